The van der Waals surface area contributed by atoms with Gasteiger partial charge in [0.2, 0.25) is 0 Å². The maximum atomic E-state index is 12.5. The number of carbonyl (C=O) groups is 2. The number of allylic oxidation sites excluding steroid dienone is 1. The van der Waals surface area contributed by atoms with E-state index in [0.717, 1.165) is 5.56 Å². The molecule has 9 heteroatoms. The van der Waals surface area contributed by atoms with E-state index in [-0.39, 0.29) is 23.0 Å². The van der Waals surface area contributed by atoms with Gasteiger partial charge in [-0.05, 0) is 45.1 Å². The van der Waals surface area contributed by atoms with Crippen LogP contribution < -0.4 is 10.6 Å². The van der Waals surface area contributed by atoms with Crippen LogP contribution >= 0.6 is 12.2 Å². The minimum atomic E-state index is -1.20. The number of nitrogens with zero attached hydrogens (tertiary/aromatic N) is 2. The van der Waals surface area contributed by atoms with Crippen molar-refractivity contribution in [1.82, 2.24) is 20.4 Å². The molecule has 0 unspecified atom stereocenters. The molecule has 0 radical (unpaired) electrons. The van der Waals surface area contributed by atoms with Crippen molar-refractivity contribution >= 4 is 29.3 Å². The number of carboxylic acid groups (broad SMARTS) is 1. The lowest BCUT2D eigenvalue weighted by Gasteiger charge is -2.29. The molecule has 1 aromatic carbocycles. The zero-order chi connectivity index (χ0) is 20.4. The number of carbonyl (C=O) groups excluding carboxylic acids is 1. The lowest BCUT2D eigenvalue weighted by atomic mass is 9.96. The van der Waals surface area contributed by atoms with E-state index in [1.165, 1.54) is 4.68 Å². The van der Waals surface area contributed by atoms with Gasteiger partial charge in [-0.25, -0.2) is 14.3 Å². The van der Waals surface area contributed by atoms with Crippen LogP contribution in [-0.4, -0.2) is 38.5 Å². The Labute approximate surface area is 167 Å². The molecular weight excluding hydrogens is 380 g/mol. The third-order valence-corrected chi connectivity index (χ3v) is 4.54. The number of aromatic carboxylic acids is 1. The molecule has 0 saturated carbocycles. The molecule has 0 fully saturated rings. The van der Waals surface area contributed by atoms with E-state index >= 15 is 0 Å². The van der Waals surface area contributed by atoms with Gasteiger partial charge in [-0.15, -0.1) is 0 Å². The lowest BCUT2D eigenvalue weighted by molar-refractivity contribution is -0.139. The monoisotopic (exact) mass is 400 g/mol. The topological polar surface area (TPSA) is 105 Å². The minimum Gasteiger partial charge on any atom is -0.476 e. The van der Waals surface area contributed by atoms with Crippen molar-refractivity contribution < 1.29 is 19.4 Å². The van der Waals surface area contributed by atoms with Gasteiger partial charge in [0.1, 0.15) is 0 Å². The molecule has 2 aromatic rings. The van der Waals surface area contributed by atoms with Crippen LogP contribution in [-0.2, 0) is 9.53 Å². The Morgan fingerprint density at radius 1 is 1.29 bits per heavy atom. The molecule has 1 atom stereocenters. The van der Waals surface area contributed by atoms with Crippen molar-refractivity contribution in [3.63, 3.8) is 0 Å². The van der Waals surface area contributed by atoms with Crippen LogP contribution in [0.5, 0.6) is 0 Å². The van der Waals surface area contributed by atoms with Crippen molar-refractivity contribution in [3.05, 3.63) is 58.6 Å². The number of aryl methyl sites for hydroxylation is 1. The smallest absolute Gasteiger partial charge is 0.356 e. The van der Waals surface area contributed by atoms with E-state index in [9.17, 15) is 14.7 Å². The van der Waals surface area contributed by atoms with Gasteiger partial charge in [0.15, 0.2) is 10.8 Å². The number of carboxylic acids is 1. The van der Waals surface area contributed by atoms with Gasteiger partial charge in [-0.3, -0.25) is 0 Å². The van der Waals surface area contributed by atoms with Crippen molar-refractivity contribution in [3.8, 4) is 5.69 Å². The van der Waals surface area contributed by atoms with E-state index in [4.69, 9.17) is 17.0 Å². The van der Waals surface area contributed by atoms with Crippen LogP contribution in [0.3, 0.4) is 0 Å². The summed E-state index contributed by atoms with van der Waals surface area (Å²) in [5.41, 5.74) is 2.70. The van der Waals surface area contributed by atoms with Crippen LogP contribution in [0.4, 0.5) is 0 Å². The zero-order valence-electron chi connectivity index (χ0n) is 15.6. The van der Waals surface area contributed by atoms with E-state index in [2.05, 4.69) is 15.7 Å². The molecule has 3 N–H and O–H groups in total. The zero-order valence-corrected chi connectivity index (χ0v) is 16.5. The van der Waals surface area contributed by atoms with Crippen molar-refractivity contribution in [2.45, 2.75) is 26.8 Å². The average Bonchev–Trinajstić information content (AvgIpc) is 3.07. The molecule has 0 amide bonds. The highest BCUT2D eigenvalue weighted by atomic mass is 32.1. The maximum Gasteiger partial charge on any atom is 0.356 e. The Bertz CT molecular complexity index is 978. The summed E-state index contributed by atoms with van der Waals surface area (Å²) in [5, 5.41) is 20.0. The van der Waals surface area contributed by atoms with Crippen LogP contribution in [0.2, 0.25) is 0 Å². The van der Waals surface area contributed by atoms with E-state index in [0.29, 0.717) is 16.9 Å². The van der Waals surface area contributed by atoms with Gasteiger partial charge in [0.25, 0.3) is 0 Å². The fourth-order valence-electron chi connectivity index (χ4n) is 3.00. The number of benzene rings is 1. The SMILES string of the molecule is CCOC(=O)C1=C(C)NC(=S)N[C@H]1c1cn(-c2ccc(C)cc2)nc1C(=O)O. The summed E-state index contributed by atoms with van der Waals surface area (Å²) in [6.07, 6.45) is 1.59. The Morgan fingerprint density at radius 3 is 2.57 bits per heavy atom. The number of hydrogen-bond donors (Lipinski definition) is 3. The number of nitrogens with one attached hydrogen (secondary N) is 2. The van der Waals surface area contributed by atoms with Gasteiger partial charge in [-0.1, -0.05) is 17.7 Å². The third-order valence-electron chi connectivity index (χ3n) is 4.32. The maximum absolute atomic E-state index is 12.5. The number of esters is 1. The van der Waals surface area contributed by atoms with E-state index < -0.39 is 18.0 Å². The Balaban J connectivity index is 2.13. The normalized spacial score (nSPS) is 16.4. The number of ether oxygens (including phenoxy) is 1. The first kappa shape index (κ1) is 19.6. The van der Waals surface area contributed by atoms with Crippen LogP contribution in [0.1, 0.15) is 41.5 Å². The summed E-state index contributed by atoms with van der Waals surface area (Å²) in [6, 6.07) is 6.70. The first-order chi connectivity index (χ1) is 13.3. The van der Waals surface area contributed by atoms with Crippen molar-refractivity contribution in [1.29, 1.82) is 0 Å². The van der Waals surface area contributed by atoms with Gasteiger partial charge in [0, 0.05) is 17.5 Å². The number of aromatic nitrogens is 2. The van der Waals surface area contributed by atoms with E-state index in [1.807, 2.05) is 31.2 Å². The molecule has 28 heavy (non-hydrogen) atoms. The average molecular weight is 400 g/mol. The third kappa shape index (κ3) is 3.74. The molecule has 1 aliphatic heterocycles. The highest BCUT2D eigenvalue weighted by molar-refractivity contribution is 7.80. The number of thiocarbonyl (C=S) groups is 1. The predicted molar refractivity (Wildman–Crippen MR) is 106 cm³/mol. The molecule has 2 heterocycles. The van der Waals surface area contributed by atoms with Gasteiger partial charge >= 0.3 is 11.9 Å². The molecule has 146 valence electrons. The summed E-state index contributed by atoms with van der Waals surface area (Å²) in [7, 11) is 0. The Morgan fingerprint density at radius 2 is 1.96 bits per heavy atom. The molecule has 0 spiro atoms. The molecule has 3 rings (SSSR count). The number of rotatable bonds is 5. The Kier molecular flexibility index (Phi) is 5.46. The van der Waals surface area contributed by atoms with Crippen LogP contribution in [0.15, 0.2) is 41.7 Å². The highest BCUT2D eigenvalue weighted by Gasteiger charge is 2.35. The first-order valence-corrected chi connectivity index (χ1v) is 9.08. The molecular formula is C19H20N4O4S. The fourth-order valence-corrected chi connectivity index (χ4v) is 3.27. The van der Waals surface area contributed by atoms with Crippen LogP contribution in [0, 0.1) is 6.92 Å². The lowest BCUT2D eigenvalue weighted by Crippen LogP contribution is -2.45. The van der Waals surface area contributed by atoms with Gasteiger partial charge < -0.3 is 20.5 Å². The highest BCUT2D eigenvalue weighted by Crippen LogP contribution is 2.30. The second-order valence-corrected chi connectivity index (χ2v) is 6.72. The molecule has 0 saturated heterocycles. The minimum absolute atomic E-state index is 0.169. The van der Waals surface area contributed by atoms with E-state index in [1.54, 1.807) is 20.0 Å². The molecule has 8 nitrogen and oxygen atoms in total. The quantitative estimate of drug-likeness (QED) is 0.518. The fraction of sp³-hybridized carbons (Fsp3) is 0.263. The van der Waals surface area contributed by atoms with Crippen LogP contribution in [0.25, 0.3) is 5.69 Å². The summed E-state index contributed by atoms with van der Waals surface area (Å²) in [4.78, 5) is 24.4. The largest absolute Gasteiger partial charge is 0.476 e. The van der Waals surface area contributed by atoms with Crippen molar-refractivity contribution in [2.24, 2.45) is 0 Å². The summed E-state index contributed by atoms with van der Waals surface area (Å²) in [5.74, 6) is -1.75. The molecule has 1 aliphatic rings. The second kappa shape index (κ2) is 7.81. The molecule has 1 aromatic heterocycles. The van der Waals surface area contributed by atoms with Crippen molar-refractivity contribution in [2.75, 3.05) is 6.61 Å². The second-order valence-electron chi connectivity index (χ2n) is 6.31. The summed E-state index contributed by atoms with van der Waals surface area (Å²) < 4.78 is 6.62. The first-order valence-electron chi connectivity index (χ1n) is 8.67. The molecule has 0 aliphatic carbocycles. The predicted octanol–water partition coefficient (Wildman–Crippen LogP) is 2.23. The summed E-state index contributed by atoms with van der Waals surface area (Å²) >= 11 is 5.20. The number of hydrogen-bond acceptors (Lipinski definition) is 5. The summed E-state index contributed by atoms with van der Waals surface area (Å²) in [6.45, 7) is 5.55. The standard InChI is InChI=1S/C19H20N4O4S/c1-4-27-18(26)14-11(3)20-19(28)21-15(14)13-9-23(22-16(13)17(24)25)12-7-5-10(2)6-8-12/h5-9,15H,4H2,1-3H3,(H,24,25)(H2,20,21,28)/t15-/m0/s1. The Hall–Kier alpha value is -3.20. The molecule has 0 bridgehead atoms. The van der Waals surface area contributed by atoms with Gasteiger partial charge in [0.05, 0.1) is 23.9 Å². The van der Waals surface area contributed by atoms with Gasteiger partial charge in [-0.2, -0.15) is 5.10 Å².